The maximum Gasteiger partial charge on any atom is 0.303 e. The number of nitrogens with zero attached hydrogens (tertiary/aromatic N) is 2. The average molecular weight is 605 g/mol. The number of Topliss-reactive ketones (excluding diaryl/α,β-unsaturated/α-hetero) is 1. The molecule has 1 aromatic carbocycles. The molecule has 0 amide bonds. The fourth-order valence-electron chi connectivity index (χ4n) is 4.30. The Morgan fingerprint density at radius 1 is 0.810 bits per heavy atom. The van der Waals surface area contributed by atoms with E-state index in [4.69, 9.17) is 28.4 Å². The monoisotopic (exact) mass is 604 g/mol. The third-order valence-electron chi connectivity index (χ3n) is 5.93. The van der Waals surface area contributed by atoms with Crippen LogP contribution >= 0.6 is 11.8 Å². The maximum atomic E-state index is 12.7. The minimum atomic E-state index is -1.35. The first-order valence-electron chi connectivity index (χ1n) is 12.8. The number of methoxy groups -OCH3 is 1. The van der Waals surface area contributed by atoms with Gasteiger partial charge >= 0.3 is 23.9 Å². The molecule has 226 valence electrons. The van der Waals surface area contributed by atoms with E-state index in [0.29, 0.717) is 22.8 Å². The molecule has 0 radical (unpaired) electrons. The molecule has 1 saturated heterocycles. The molecule has 0 unspecified atom stereocenters. The van der Waals surface area contributed by atoms with E-state index < -0.39 is 53.7 Å². The summed E-state index contributed by atoms with van der Waals surface area (Å²) >= 11 is 0.922. The number of aromatic nitrogens is 2. The minimum absolute atomic E-state index is 0.196. The van der Waals surface area contributed by atoms with Gasteiger partial charge in [0.2, 0.25) is 0 Å². The number of aryl methyl sites for hydroxylation is 1. The number of benzene rings is 1. The second-order valence-electron chi connectivity index (χ2n) is 9.28. The summed E-state index contributed by atoms with van der Waals surface area (Å²) in [6.45, 7) is 7.24. The average Bonchev–Trinajstić information content (AvgIpc) is 2.89. The fraction of sp³-hybridized carbons (Fsp3) is 0.464. The van der Waals surface area contributed by atoms with Crippen molar-refractivity contribution in [3.05, 3.63) is 35.5 Å². The van der Waals surface area contributed by atoms with E-state index >= 15 is 0 Å². The van der Waals surface area contributed by atoms with Crippen LogP contribution in [0.1, 0.15) is 50.7 Å². The van der Waals surface area contributed by atoms with Gasteiger partial charge in [-0.25, -0.2) is 9.97 Å². The second-order valence-corrected chi connectivity index (χ2v) is 10.4. The molecule has 1 fully saturated rings. The van der Waals surface area contributed by atoms with Crippen molar-refractivity contribution < 1.29 is 52.4 Å². The van der Waals surface area contributed by atoms with Gasteiger partial charge in [0, 0.05) is 33.3 Å². The van der Waals surface area contributed by atoms with Crippen LogP contribution < -0.4 is 4.74 Å². The Bertz CT molecular complexity index is 1350. The molecule has 1 aromatic heterocycles. The first-order chi connectivity index (χ1) is 19.8. The van der Waals surface area contributed by atoms with Crippen LogP contribution in [0.3, 0.4) is 0 Å². The fourth-order valence-corrected chi connectivity index (χ4v) is 5.61. The van der Waals surface area contributed by atoms with E-state index in [-0.39, 0.29) is 23.0 Å². The highest BCUT2D eigenvalue weighted by molar-refractivity contribution is 7.99. The van der Waals surface area contributed by atoms with Crippen LogP contribution in [0.5, 0.6) is 5.75 Å². The topological polar surface area (TPSA) is 167 Å². The highest BCUT2D eigenvalue weighted by Crippen LogP contribution is 2.39. The quantitative estimate of drug-likeness (QED) is 0.168. The number of esters is 4. The number of hydrogen-bond donors (Lipinski definition) is 0. The lowest BCUT2D eigenvalue weighted by molar-refractivity contribution is -0.237. The van der Waals surface area contributed by atoms with Gasteiger partial charge in [0.25, 0.3) is 0 Å². The van der Waals surface area contributed by atoms with Crippen LogP contribution in [0, 0.1) is 6.92 Å². The SMILES string of the molecule is COc1ccc(-c2nc(C)c(C(C)=O)c(S[C@@H]3O[C@H](COC(C)=O)[C@@H](OC(C)=O)[C@H](OC(C)=O)[C@H]3OC(C)=O)n2)cc1. The number of ether oxygens (including phenoxy) is 6. The van der Waals surface area contributed by atoms with E-state index in [1.54, 1.807) is 38.3 Å². The van der Waals surface area contributed by atoms with Gasteiger partial charge in [0.15, 0.2) is 35.4 Å². The summed E-state index contributed by atoms with van der Waals surface area (Å²) in [5.41, 5.74) is 0.0562. The number of carbonyl (C=O) groups is 5. The first-order valence-corrected chi connectivity index (χ1v) is 13.7. The van der Waals surface area contributed by atoms with Crippen LogP contribution in [0.15, 0.2) is 29.3 Å². The van der Waals surface area contributed by atoms with Gasteiger partial charge in [-0.05, 0) is 38.1 Å². The Hall–Kier alpha value is -4.04. The molecule has 0 bridgehead atoms. The lowest BCUT2D eigenvalue weighted by Crippen LogP contribution is -2.61. The molecule has 1 aliphatic rings. The second kappa shape index (κ2) is 14.2. The summed E-state index contributed by atoms with van der Waals surface area (Å²) in [6, 6.07) is 6.98. The smallest absolute Gasteiger partial charge is 0.303 e. The number of carbonyl (C=O) groups excluding carboxylic acids is 5. The molecular weight excluding hydrogens is 572 g/mol. The normalized spacial score (nSPS) is 21.5. The first kappa shape index (κ1) is 32.5. The summed E-state index contributed by atoms with van der Waals surface area (Å²) in [4.78, 5) is 69.8. The minimum Gasteiger partial charge on any atom is -0.497 e. The van der Waals surface area contributed by atoms with Crippen molar-refractivity contribution in [3.8, 4) is 17.1 Å². The van der Waals surface area contributed by atoms with Crippen LogP contribution in [0.4, 0.5) is 0 Å². The van der Waals surface area contributed by atoms with Crippen LogP contribution in [0.25, 0.3) is 11.4 Å². The molecule has 3 rings (SSSR count). The Balaban J connectivity index is 2.13. The largest absolute Gasteiger partial charge is 0.497 e. The van der Waals surface area contributed by atoms with E-state index in [0.717, 1.165) is 32.5 Å². The third-order valence-corrected chi connectivity index (χ3v) is 7.06. The van der Waals surface area contributed by atoms with Crippen molar-refractivity contribution in [2.75, 3.05) is 13.7 Å². The van der Waals surface area contributed by atoms with Gasteiger partial charge in [0.1, 0.15) is 23.5 Å². The molecular formula is C28H32N2O11S. The highest BCUT2D eigenvalue weighted by Gasteiger charge is 2.52. The van der Waals surface area contributed by atoms with Gasteiger partial charge in [-0.1, -0.05) is 11.8 Å². The molecule has 0 saturated carbocycles. The summed E-state index contributed by atoms with van der Waals surface area (Å²) in [5.74, 6) is -2.27. The molecule has 14 heteroatoms. The van der Waals surface area contributed by atoms with Crippen molar-refractivity contribution in [2.24, 2.45) is 0 Å². The Morgan fingerprint density at radius 3 is 1.90 bits per heavy atom. The molecule has 42 heavy (non-hydrogen) atoms. The Kier molecular flexibility index (Phi) is 11.0. The van der Waals surface area contributed by atoms with E-state index in [2.05, 4.69) is 9.97 Å². The van der Waals surface area contributed by atoms with Gasteiger partial charge < -0.3 is 28.4 Å². The lowest BCUT2D eigenvalue weighted by Gasteiger charge is -2.44. The van der Waals surface area contributed by atoms with Crippen LogP contribution in [0.2, 0.25) is 0 Å². The Morgan fingerprint density at radius 2 is 1.38 bits per heavy atom. The van der Waals surface area contributed by atoms with E-state index in [1.165, 1.54) is 13.8 Å². The maximum absolute atomic E-state index is 12.7. The molecule has 1 aliphatic heterocycles. The van der Waals surface area contributed by atoms with Crippen molar-refractivity contribution in [2.45, 2.75) is 76.4 Å². The molecule has 2 heterocycles. The predicted octanol–water partition coefficient (Wildman–Crippen LogP) is 2.84. The van der Waals surface area contributed by atoms with Gasteiger partial charge in [0.05, 0.1) is 18.4 Å². The van der Waals surface area contributed by atoms with Crippen LogP contribution in [-0.2, 0) is 42.9 Å². The Labute approximate surface area is 246 Å². The molecule has 5 atom stereocenters. The van der Waals surface area contributed by atoms with E-state index in [9.17, 15) is 24.0 Å². The predicted molar refractivity (Wildman–Crippen MR) is 147 cm³/mol. The zero-order valence-corrected chi connectivity index (χ0v) is 25.0. The molecule has 13 nitrogen and oxygen atoms in total. The summed E-state index contributed by atoms with van der Waals surface area (Å²) in [7, 11) is 1.54. The zero-order chi connectivity index (χ0) is 31.1. The number of thioether (sulfide) groups is 1. The van der Waals surface area contributed by atoms with Gasteiger partial charge in [-0.2, -0.15) is 0 Å². The zero-order valence-electron chi connectivity index (χ0n) is 24.2. The van der Waals surface area contributed by atoms with Crippen molar-refractivity contribution in [1.29, 1.82) is 0 Å². The summed E-state index contributed by atoms with van der Waals surface area (Å²) in [5, 5.41) is 0.196. The van der Waals surface area contributed by atoms with Crippen molar-refractivity contribution >= 4 is 41.4 Å². The third kappa shape index (κ3) is 8.26. The number of rotatable bonds is 10. The molecule has 0 aliphatic carbocycles. The van der Waals surface area contributed by atoms with Crippen LogP contribution in [-0.4, -0.2) is 83.2 Å². The summed E-state index contributed by atoms with van der Waals surface area (Å²) in [6.07, 6.45) is -5.13. The molecule has 2 aromatic rings. The summed E-state index contributed by atoms with van der Waals surface area (Å²) < 4.78 is 33.0. The standard InChI is InChI=1S/C28H32N2O11S/c1-13-22(14(2)31)27(30-26(29-13)19-8-10-20(36-7)11-9-19)42-28-25(40-18(6)35)24(39-17(5)34)23(38-16(4)33)21(41-28)12-37-15(3)32/h8-11,21,23-25,28H,12H2,1-7H3/t21-,23-,24+,25-,28+/m1/s1. The van der Waals surface area contributed by atoms with E-state index in [1.807, 2.05) is 0 Å². The highest BCUT2D eigenvalue weighted by atomic mass is 32.2. The number of hydrogen-bond acceptors (Lipinski definition) is 14. The van der Waals surface area contributed by atoms with Crippen molar-refractivity contribution in [3.63, 3.8) is 0 Å². The molecule has 0 spiro atoms. The number of ketones is 1. The lowest BCUT2D eigenvalue weighted by atomic mass is 9.99. The van der Waals surface area contributed by atoms with Crippen molar-refractivity contribution in [1.82, 2.24) is 9.97 Å². The molecule has 0 N–H and O–H groups in total. The van der Waals surface area contributed by atoms with Gasteiger partial charge in [-0.15, -0.1) is 0 Å². The van der Waals surface area contributed by atoms with Gasteiger partial charge in [-0.3, -0.25) is 24.0 Å².